The summed E-state index contributed by atoms with van der Waals surface area (Å²) in [5.41, 5.74) is 2.12. The molecule has 18 heavy (non-hydrogen) atoms. The fourth-order valence-electron chi connectivity index (χ4n) is 1.89. The molecular weight excluding hydrogens is 220 g/mol. The van der Waals surface area contributed by atoms with Gasteiger partial charge in [-0.05, 0) is 11.1 Å². The first-order chi connectivity index (χ1) is 8.77. The maximum absolute atomic E-state index is 10.2. The minimum atomic E-state index is -0.453. The predicted octanol–water partition coefficient (Wildman–Crippen LogP) is 4.07. The van der Waals surface area contributed by atoms with Crippen LogP contribution in [-0.4, -0.2) is 5.11 Å². The number of hydrogen-bond acceptors (Lipinski definition) is 1. The molecule has 2 aromatic rings. The average Bonchev–Trinajstić information content (AvgIpc) is 2.46. The lowest BCUT2D eigenvalue weighted by molar-refractivity contribution is 0.140. The van der Waals surface area contributed by atoms with Crippen LogP contribution in [0.1, 0.15) is 24.2 Å². The zero-order chi connectivity index (χ0) is 12.8. The second-order valence-electron chi connectivity index (χ2n) is 4.48. The number of aliphatic hydroxyl groups is 1. The fourth-order valence-corrected chi connectivity index (χ4v) is 1.89. The molecule has 2 aromatic carbocycles. The fraction of sp³-hybridized carbons (Fsp3) is 0.176. The molecule has 0 aliphatic heterocycles. The van der Waals surface area contributed by atoms with Crippen LogP contribution in [0.25, 0.3) is 6.08 Å². The van der Waals surface area contributed by atoms with Crippen LogP contribution in [0.15, 0.2) is 66.7 Å². The highest BCUT2D eigenvalue weighted by Gasteiger charge is 2.12. The van der Waals surface area contributed by atoms with Crippen LogP contribution in [0.3, 0.4) is 0 Å². The van der Waals surface area contributed by atoms with Gasteiger partial charge in [-0.25, -0.2) is 0 Å². The molecule has 1 heteroatoms. The lowest BCUT2D eigenvalue weighted by Crippen LogP contribution is -2.06. The summed E-state index contributed by atoms with van der Waals surface area (Å²) in [6.07, 6.45) is 3.65. The summed E-state index contributed by atoms with van der Waals surface area (Å²) >= 11 is 0. The Morgan fingerprint density at radius 1 is 0.889 bits per heavy atom. The quantitative estimate of drug-likeness (QED) is 0.851. The van der Waals surface area contributed by atoms with Crippen LogP contribution < -0.4 is 0 Å². The minimum absolute atomic E-state index is 0.0904. The summed E-state index contributed by atoms with van der Waals surface area (Å²) in [5.74, 6) is 0.0904. The highest BCUT2D eigenvalue weighted by molar-refractivity contribution is 5.49. The van der Waals surface area contributed by atoms with E-state index in [1.54, 1.807) is 0 Å². The molecule has 0 spiro atoms. The topological polar surface area (TPSA) is 20.2 Å². The van der Waals surface area contributed by atoms with Gasteiger partial charge >= 0.3 is 0 Å². The van der Waals surface area contributed by atoms with Crippen molar-refractivity contribution in [1.29, 1.82) is 0 Å². The van der Waals surface area contributed by atoms with Crippen molar-refractivity contribution >= 4 is 6.08 Å². The molecule has 0 bridgehead atoms. The molecule has 0 aliphatic rings. The van der Waals surface area contributed by atoms with Crippen LogP contribution in [0.5, 0.6) is 0 Å². The van der Waals surface area contributed by atoms with E-state index < -0.39 is 6.10 Å². The summed E-state index contributed by atoms with van der Waals surface area (Å²) in [6, 6.07) is 19.9. The molecule has 1 nitrogen and oxygen atoms in total. The first kappa shape index (κ1) is 12.6. The van der Waals surface area contributed by atoms with E-state index in [1.165, 1.54) is 0 Å². The summed E-state index contributed by atoms with van der Waals surface area (Å²) in [5, 5.41) is 10.2. The Labute approximate surface area is 108 Å². The molecule has 0 fully saturated rings. The van der Waals surface area contributed by atoms with E-state index >= 15 is 0 Å². The van der Waals surface area contributed by atoms with E-state index in [4.69, 9.17) is 0 Å². The Morgan fingerprint density at radius 3 is 2.06 bits per heavy atom. The van der Waals surface area contributed by atoms with E-state index in [1.807, 2.05) is 61.5 Å². The Morgan fingerprint density at radius 2 is 1.44 bits per heavy atom. The number of aliphatic hydroxyl groups excluding tert-OH is 1. The maximum Gasteiger partial charge on any atom is 0.0850 e. The highest BCUT2D eigenvalue weighted by atomic mass is 16.3. The van der Waals surface area contributed by atoms with Crippen LogP contribution in [0.2, 0.25) is 0 Å². The standard InChI is InChI=1S/C17H18O/c1-14(12-13-15-8-4-2-5-9-15)17(18)16-10-6-3-7-11-16/h2-14,17-18H,1H3/b13-12-/t14-,17-/m1/s1. The van der Waals surface area contributed by atoms with Gasteiger partial charge in [-0.2, -0.15) is 0 Å². The molecular formula is C17H18O. The van der Waals surface area contributed by atoms with Gasteiger partial charge in [-0.1, -0.05) is 79.7 Å². The van der Waals surface area contributed by atoms with Crippen molar-refractivity contribution in [1.82, 2.24) is 0 Å². The van der Waals surface area contributed by atoms with Crippen molar-refractivity contribution in [3.05, 3.63) is 77.9 Å². The van der Waals surface area contributed by atoms with E-state index in [0.29, 0.717) is 0 Å². The van der Waals surface area contributed by atoms with Crippen molar-refractivity contribution in [3.63, 3.8) is 0 Å². The molecule has 0 saturated heterocycles. The number of hydrogen-bond donors (Lipinski definition) is 1. The van der Waals surface area contributed by atoms with Gasteiger partial charge in [0.25, 0.3) is 0 Å². The zero-order valence-electron chi connectivity index (χ0n) is 10.5. The smallest absolute Gasteiger partial charge is 0.0850 e. The largest absolute Gasteiger partial charge is 0.388 e. The second-order valence-corrected chi connectivity index (χ2v) is 4.48. The summed E-state index contributed by atoms with van der Waals surface area (Å²) < 4.78 is 0. The monoisotopic (exact) mass is 238 g/mol. The third-order valence-electron chi connectivity index (χ3n) is 3.03. The predicted molar refractivity (Wildman–Crippen MR) is 76.0 cm³/mol. The molecule has 0 heterocycles. The molecule has 2 atom stereocenters. The molecule has 1 N–H and O–H groups in total. The zero-order valence-corrected chi connectivity index (χ0v) is 10.5. The van der Waals surface area contributed by atoms with Crippen LogP contribution in [0, 0.1) is 5.92 Å². The van der Waals surface area contributed by atoms with Crippen LogP contribution in [0.4, 0.5) is 0 Å². The molecule has 2 rings (SSSR count). The van der Waals surface area contributed by atoms with E-state index in [9.17, 15) is 5.11 Å². The van der Waals surface area contributed by atoms with Crippen molar-refractivity contribution in [2.75, 3.05) is 0 Å². The van der Waals surface area contributed by atoms with Crippen molar-refractivity contribution < 1.29 is 5.11 Å². The van der Waals surface area contributed by atoms with E-state index in [0.717, 1.165) is 11.1 Å². The van der Waals surface area contributed by atoms with Gasteiger partial charge < -0.3 is 5.11 Å². The van der Waals surface area contributed by atoms with E-state index in [2.05, 4.69) is 18.2 Å². The minimum Gasteiger partial charge on any atom is -0.388 e. The molecule has 0 saturated carbocycles. The van der Waals surface area contributed by atoms with Crippen LogP contribution >= 0.6 is 0 Å². The first-order valence-electron chi connectivity index (χ1n) is 6.23. The molecule has 0 amide bonds. The Hall–Kier alpha value is -1.86. The number of rotatable bonds is 4. The SMILES string of the molecule is C[C@H](/C=C\c1ccccc1)[C@@H](O)c1ccccc1. The molecule has 0 aliphatic carbocycles. The van der Waals surface area contributed by atoms with Crippen molar-refractivity contribution in [2.24, 2.45) is 5.92 Å². The van der Waals surface area contributed by atoms with Gasteiger partial charge in [0.2, 0.25) is 0 Å². The third-order valence-corrected chi connectivity index (χ3v) is 3.03. The van der Waals surface area contributed by atoms with Crippen molar-refractivity contribution in [2.45, 2.75) is 13.0 Å². The Kier molecular flexibility index (Phi) is 4.32. The van der Waals surface area contributed by atoms with Crippen LogP contribution in [-0.2, 0) is 0 Å². The molecule has 0 aromatic heterocycles. The second kappa shape index (κ2) is 6.18. The lowest BCUT2D eigenvalue weighted by atomic mass is 9.96. The third kappa shape index (κ3) is 3.31. The molecule has 0 radical (unpaired) electrons. The first-order valence-corrected chi connectivity index (χ1v) is 6.23. The summed E-state index contributed by atoms with van der Waals surface area (Å²) in [4.78, 5) is 0. The van der Waals surface area contributed by atoms with Gasteiger partial charge in [0.1, 0.15) is 0 Å². The van der Waals surface area contributed by atoms with Crippen molar-refractivity contribution in [3.8, 4) is 0 Å². The Bertz CT molecular complexity index is 488. The van der Waals surface area contributed by atoms with E-state index in [-0.39, 0.29) is 5.92 Å². The van der Waals surface area contributed by atoms with Gasteiger partial charge in [0.15, 0.2) is 0 Å². The van der Waals surface area contributed by atoms with Gasteiger partial charge in [-0.3, -0.25) is 0 Å². The van der Waals surface area contributed by atoms with Gasteiger partial charge in [-0.15, -0.1) is 0 Å². The van der Waals surface area contributed by atoms with Gasteiger partial charge in [0, 0.05) is 5.92 Å². The normalized spacial score (nSPS) is 14.6. The lowest BCUT2D eigenvalue weighted by Gasteiger charge is -2.15. The number of benzene rings is 2. The maximum atomic E-state index is 10.2. The molecule has 92 valence electrons. The highest BCUT2D eigenvalue weighted by Crippen LogP contribution is 2.23. The van der Waals surface area contributed by atoms with Gasteiger partial charge in [0.05, 0.1) is 6.10 Å². The average molecular weight is 238 g/mol. The summed E-state index contributed by atoms with van der Waals surface area (Å²) in [7, 11) is 0. The Balaban J connectivity index is 2.04. The summed E-state index contributed by atoms with van der Waals surface area (Å²) in [6.45, 7) is 2.02. The molecule has 0 unspecified atom stereocenters.